The number of carboxylic acid groups (broad SMARTS) is 1. The molecule has 0 unspecified atom stereocenters. The number of nitrogens with zero attached hydrogens (tertiary/aromatic N) is 2. The Kier molecular flexibility index (Phi) is 5.71. The fourth-order valence-electron chi connectivity index (χ4n) is 2.29. The molecule has 0 spiro atoms. The lowest BCUT2D eigenvalue weighted by Gasteiger charge is -2.27. The van der Waals surface area contributed by atoms with Gasteiger partial charge in [0.25, 0.3) is 0 Å². The number of thiazole rings is 1. The van der Waals surface area contributed by atoms with E-state index in [2.05, 4.69) is 4.98 Å². The van der Waals surface area contributed by atoms with E-state index in [1.807, 2.05) is 34.6 Å². The summed E-state index contributed by atoms with van der Waals surface area (Å²) in [6.07, 6.45) is -0.398. The van der Waals surface area contributed by atoms with Crippen molar-refractivity contribution in [3.8, 4) is 11.3 Å². The molecule has 0 bridgehead atoms. The maximum absolute atomic E-state index is 12.3. The molecule has 26 heavy (non-hydrogen) atoms. The molecule has 0 aliphatic rings. The van der Waals surface area contributed by atoms with Gasteiger partial charge >= 0.3 is 12.1 Å². The first-order chi connectivity index (χ1) is 12.0. The third kappa shape index (κ3) is 4.60. The second kappa shape index (κ2) is 7.45. The molecule has 1 amide bonds. The molecule has 0 aliphatic carbocycles. The average Bonchev–Trinajstić information content (AvgIpc) is 2.93. The molecule has 0 radical (unpaired) electrons. The summed E-state index contributed by atoms with van der Waals surface area (Å²) in [5.41, 5.74) is 1.33. The van der Waals surface area contributed by atoms with Crippen LogP contribution in [0.15, 0.2) is 24.3 Å². The van der Waals surface area contributed by atoms with Gasteiger partial charge in [-0.05, 0) is 46.8 Å². The third-order valence-corrected chi connectivity index (χ3v) is 4.98. The Morgan fingerprint density at radius 2 is 1.81 bits per heavy atom. The van der Waals surface area contributed by atoms with Crippen molar-refractivity contribution < 1.29 is 19.4 Å². The van der Waals surface area contributed by atoms with E-state index >= 15 is 0 Å². The highest BCUT2D eigenvalue weighted by atomic mass is 32.1. The van der Waals surface area contributed by atoms with Gasteiger partial charge in [0.2, 0.25) is 0 Å². The van der Waals surface area contributed by atoms with Crippen molar-refractivity contribution in [2.45, 2.75) is 46.3 Å². The summed E-state index contributed by atoms with van der Waals surface area (Å²) in [5.74, 6) is -0.958. The Hall–Kier alpha value is -2.41. The summed E-state index contributed by atoms with van der Waals surface area (Å²) >= 11 is 1.51. The van der Waals surface area contributed by atoms with Crippen LogP contribution in [-0.2, 0) is 4.74 Å². The van der Waals surface area contributed by atoms with Crippen molar-refractivity contribution in [2.24, 2.45) is 0 Å². The van der Waals surface area contributed by atoms with Crippen LogP contribution in [-0.4, -0.2) is 39.7 Å². The topological polar surface area (TPSA) is 79.7 Å². The fourth-order valence-corrected chi connectivity index (χ4v) is 3.33. The summed E-state index contributed by atoms with van der Waals surface area (Å²) in [4.78, 5) is 30.5. The molecule has 1 aromatic heterocycles. The Bertz CT molecular complexity index is 806. The number of carbonyl (C=O) groups is 2. The normalized spacial score (nSPS) is 12.5. The summed E-state index contributed by atoms with van der Waals surface area (Å²) in [7, 11) is 1.69. The zero-order valence-corrected chi connectivity index (χ0v) is 16.7. The molecule has 0 saturated carbocycles. The second-order valence-electron chi connectivity index (χ2n) is 7.11. The number of hydrogen-bond donors (Lipinski definition) is 1. The van der Waals surface area contributed by atoms with Crippen LogP contribution in [0.5, 0.6) is 0 Å². The van der Waals surface area contributed by atoms with Crippen molar-refractivity contribution in [1.82, 2.24) is 9.88 Å². The minimum absolute atomic E-state index is 0.236. The van der Waals surface area contributed by atoms with Gasteiger partial charge in [-0.3, -0.25) is 0 Å². The van der Waals surface area contributed by atoms with Crippen molar-refractivity contribution in [1.29, 1.82) is 0 Å². The van der Waals surface area contributed by atoms with Gasteiger partial charge in [0.1, 0.15) is 10.6 Å². The molecule has 0 saturated heterocycles. The van der Waals surface area contributed by atoms with Crippen molar-refractivity contribution >= 4 is 23.4 Å². The molecule has 6 nitrogen and oxygen atoms in total. The Balaban J connectivity index is 2.23. The van der Waals surface area contributed by atoms with E-state index in [0.717, 1.165) is 21.1 Å². The third-order valence-electron chi connectivity index (χ3n) is 3.84. The highest BCUT2D eigenvalue weighted by molar-refractivity contribution is 7.12. The highest BCUT2D eigenvalue weighted by Crippen LogP contribution is 2.32. The number of carboxylic acids is 1. The monoisotopic (exact) mass is 376 g/mol. The summed E-state index contributed by atoms with van der Waals surface area (Å²) in [5, 5.41) is 9.81. The lowest BCUT2D eigenvalue weighted by molar-refractivity contribution is 0.0233. The molecule has 2 rings (SSSR count). The number of aromatic nitrogens is 1. The highest BCUT2D eigenvalue weighted by Gasteiger charge is 2.26. The molecule has 140 valence electrons. The number of aromatic carboxylic acids is 1. The summed E-state index contributed by atoms with van der Waals surface area (Å²) < 4.78 is 5.41. The minimum Gasteiger partial charge on any atom is -0.478 e. The number of ether oxygens (including phenoxy) is 1. The van der Waals surface area contributed by atoms with Crippen LogP contribution in [0.1, 0.15) is 54.0 Å². The first-order valence-electron chi connectivity index (χ1n) is 8.26. The van der Waals surface area contributed by atoms with Gasteiger partial charge < -0.3 is 14.7 Å². The quantitative estimate of drug-likeness (QED) is 0.833. The maximum atomic E-state index is 12.3. The molecule has 2 aromatic rings. The lowest BCUT2D eigenvalue weighted by Crippen LogP contribution is -2.35. The number of aryl methyl sites for hydroxylation is 1. The molecule has 1 N–H and O–H groups in total. The van der Waals surface area contributed by atoms with Crippen LogP contribution in [0.4, 0.5) is 4.79 Å². The number of amides is 1. The van der Waals surface area contributed by atoms with E-state index in [1.165, 1.54) is 16.2 Å². The number of hydrogen-bond acceptors (Lipinski definition) is 5. The number of carbonyl (C=O) groups excluding carboxylic acids is 1. The van der Waals surface area contributed by atoms with Crippen LogP contribution >= 0.6 is 11.3 Å². The SMILES string of the molecule is Cc1sc([C@H](C)N(C)C(=O)OC(C)(C)C)nc1-c1ccc(C(=O)O)cc1. The largest absolute Gasteiger partial charge is 0.478 e. The van der Waals surface area contributed by atoms with Crippen molar-refractivity contribution in [3.05, 3.63) is 39.7 Å². The first-order valence-corrected chi connectivity index (χ1v) is 9.08. The summed E-state index contributed by atoms with van der Waals surface area (Å²) in [6, 6.07) is 6.38. The smallest absolute Gasteiger partial charge is 0.410 e. The molecule has 1 heterocycles. The average molecular weight is 376 g/mol. The van der Waals surface area contributed by atoms with E-state index in [9.17, 15) is 9.59 Å². The number of rotatable bonds is 4. The molecule has 0 fully saturated rings. The predicted molar refractivity (Wildman–Crippen MR) is 102 cm³/mol. The van der Waals surface area contributed by atoms with Gasteiger partial charge in [0.15, 0.2) is 0 Å². The van der Waals surface area contributed by atoms with Crippen LogP contribution in [0.3, 0.4) is 0 Å². The first kappa shape index (κ1) is 19.9. The van der Waals surface area contributed by atoms with Crippen molar-refractivity contribution in [3.63, 3.8) is 0 Å². The zero-order valence-electron chi connectivity index (χ0n) is 15.9. The molecule has 1 atom stereocenters. The molecule has 0 aliphatic heterocycles. The van der Waals surface area contributed by atoms with Crippen LogP contribution in [0.2, 0.25) is 0 Å². The van der Waals surface area contributed by atoms with Gasteiger partial charge in [-0.15, -0.1) is 11.3 Å². The molecular weight excluding hydrogens is 352 g/mol. The van der Waals surface area contributed by atoms with E-state index in [-0.39, 0.29) is 11.6 Å². The van der Waals surface area contributed by atoms with E-state index in [1.54, 1.807) is 31.3 Å². The van der Waals surface area contributed by atoms with Gasteiger partial charge in [0, 0.05) is 17.5 Å². The van der Waals surface area contributed by atoms with E-state index in [0.29, 0.717) is 0 Å². The second-order valence-corrected chi connectivity index (χ2v) is 8.34. The van der Waals surface area contributed by atoms with Gasteiger partial charge in [-0.2, -0.15) is 0 Å². The standard InChI is InChI=1S/C19H24N2O4S/c1-11(21(6)18(24)25-19(3,4)5)16-20-15(12(2)26-16)13-7-9-14(10-8-13)17(22)23/h7-11H,1-6H3,(H,22,23)/t11-/m0/s1. The minimum atomic E-state index is -0.958. The van der Waals surface area contributed by atoms with Crippen LogP contribution < -0.4 is 0 Å². The van der Waals surface area contributed by atoms with E-state index < -0.39 is 17.7 Å². The number of benzene rings is 1. The molecule has 7 heteroatoms. The molecular formula is C19H24N2O4S. The van der Waals surface area contributed by atoms with E-state index in [4.69, 9.17) is 9.84 Å². The van der Waals surface area contributed by atoms with Crippen LogP contribution in [0, 0.1) is 6.92 Å². The predicted octanol–water partition coefficient (Wildman–Crippen LogP) is 4.74. The fraction of sp³-hybridized carbons (Fsp3) is 0.421. The zero-order chi connectivity index (χ0) is 19.6. The Morgan fingerprint density at radius 3 is 2.31 bits per heavy atom. The van der Waals surface area contributed by atoms with Crippen molar-refractivity contribution in [2.75, 3.05) is 7.05 Å². The maximum Gasteiger partial charge on any atom is 0.410 e. The lowest BCUT2D eigenvalue weighted by atomic mass is 10.1. The van der Waals surface area contributed by atoms with Gasteiger partial charge in [0.05, 0.1) is 17.3 Å². The Labute approximate surface area is 157 Å². The van der Waals surface area contributed by atoms with Crippen LogP contribution in [0.25, 0.3) is 11.3 Å². The van der Waals surface area contributed by atoms with Gasteiger partial charge in [-0.1, -0.05) is 12.1 Å². The summed E-state index contributed by atoms with van der Waals surface area (Å²) in [6.45, 7) is 9.35. The molecule has 1 aromatic carbocycles. The Morgan fingerprint density at radius 1 is 1.23 bits per heavy atom. The van der Waals surface area contributed by atoms with Gasteiger partial charge in [-0.25, -0.2) is 14.6 Å².